The molecule has 9 heteroatoms. The molecular weight excluding hydrogens is 415 g/mol. The first kappa shape index (κ1) is 16.9. The van der Waals surface area contributed by atoms with E-state index in [1.165, 1.54) is 0 Å². The Morgan fingerprint density at radius 2 is 1.29 bits per heavy atom. The van der Waals surface area contributed by atoms with Gasteiger partial charge < -0.3 is 0 Å². The molecule has 0 spiro atoms. The fraction of sp³-hybridized carbons (Fsp3) is 0.250. The SMILES string of the molecule is Cl/C=C(\Cl)C1(Cl)C(Cl)=C(Cl)C(Cl)=C(Cl)C1(Cl)Cl. The lowest BCUT2D eigenvalue weighted by atomic mass is 9.97. The minimum atomic E-state index is -1.90. The van der Waals surface area contributed by atoms with Gasteiger partial charge in [0.05, 0.1) is 25.2 Å². The maximum Gasteiger partial charge on any atom is 0.184 e. The highest BCUT2D eigenvalue weighted by Crippen LogP contribution is 2.61. The van der Waals surface area contributed by atoms with Crippen LogP contribution in [0, 0.1) is 0 Å². The first-order valence-corrected chi connectivity index (χ1v) is 7.23. The summed E-state index contributed by atoms with van der Waals surface area (Å²) in [6.45, 7) is 0. The summed E-state index contributed by atoms with van der Waals surface area (Å²) in [7, 11) is 0. The molecule has 0 nitrogen and oxygen atoms in total. The van der Waals surface area contributed by atoms with Crippen LogP contribution in [0.5, 0.6) is 0 Å². The second-order valence-corrected chi connectivity index (χ2v) is 6.98. The zero-order chi connectivity index (χ0) is 13.6. The van der Waals surface area contributed by atoms with Crippen molar-refractivity contribution >= 4 is 104 Å². The van der Waals surface area contributed by atoms with E-state index in [2.05, 4.69) is 0 Å². The molecule has 1 aliphatic carbocycles. The number of halogens is 9. The van der Waals surface area contributed by atoms with Gasteiger partial charge in [0.2, 0.25) is 0 Å². The van der Waals surface area contributed by atoms with Crippen molar-refractivity contribution in [1.29, 1.82) is 0 Å². The molecule has 0 fully saturated rings. The van der Waals surface area contributed by atoms with Crippen LogP contribution >= 0.6 is 104 Å². The zero-order valence-corrected chi connectivity index (χ0v) is 14.3. The molecule has 0 radical (unpaired) electrons. The molecule has 0 aromatic carbocycles. The Morgan fingerprint density at radius 3 is 1.71 bits per heavy atom. The maximum atomic E-state index is 6.22. The maximum absolute atomic E-state index is 6.22. The van der Waals surface area contributed by atoms with E-state index in [1.807, 2.05) is 0 Å². The van der Waals surface area contributed by atoms with Gasteiger partial charge in [-0.15, -0.1) is 11.6 Å². The van der Waals surface area contributed by atoms with Crippen LogP contribution in [0.25, 0.3) is 0 Å². The molecule has 0 amide bonds. The van der Waals surface area contributed by atoms with Gasteiger partial charge in [-0.2, -0.15) is 0 Å². The van der Waals surface area contributed by atoms with Gasteiger partial charge >= 0.3 is 0 Å². The Balaban J connectivity index is 3.65. The predicted molar refractivity (Wildman–Crippen MR) is 80.3 cm³/mol. The number of hydrogen-bond donors (Lipinski definition) is 0. The summed E-state index contributed by atoms with van der Waals surface area (Å²) in [4.78, 5) is -1.80. The first-order chi connectivity index (χ1) is 7.62. The molecule has 0 saturated carbocycles. The van der Waals surface area contributed by atoms with Crippen LogP contribution in [-0.4, -0.2) is 9.21 Å². The van der Waals surface area contributed by atoms with E-state index in [4.69, 9.17) is 104 Å². The van der Waals surface area contributed by atoms with Gasteiger partial charge in [0, 0.05) is 5.54 Å². The summed E-state index contributed by atoms with van der Waals surface area (Å²) in [5.41, 5.74) is 0.962. The molecule has 96 valence electrons. The number of alkyl halides is 3. The predicted octanol–water partition coefficient (Wildman–Crippen LogP) is 6.85. The van der Waals surface area contributed by atoms with Crippen LogP contribution in [0.2, 0.25) is 0 Å². The Labute approximate surface area is 143 Å². The summed E-state index contributed by atoms with van der Waals surface area (Å²) < 4.78 is -1.90. The molecule has 1 atom stereocenters. The molecule has 0 bridgehead atoms. The molecular formula is C8HCl9. The van der Waals surface area contributed by atoms with Crippen LogP contribution in [0.4, 0.5) is 0 Å². The van der Waals surface area contributed by atoms with Crippen LogP contribution in [0.15, 0.2) is 30.7 Å². The molecule has 1 rings (SSSR count). The van der Waals surface area contributed by atoms with Gasteiger partial charge in [0.1, 0.15) is 0 Å². The monoisotopic (exact) mass is 412 g/mol. The number of allylic oxidation sites excluding steroid dienone is 5. The van der Waals surface area contributed by atoms with Gasteiger partial charge in [-0.1, -0.05) is 92.8 Å². The van der Waals surface area contributed by atoms with Crippen LogP contribution in [-0.2, 0) is 0 Å². The third kappa shape index (κ3) is 2.44. The summed E-state index contributed by atoms with van der Waals surface area (Å²) in [6, 6.07) is 0. The fourth-order valence-corrected chi connectivity index (χ4v) is 3.96. The number of hydrogen-bond acceptors (Lipinski definition) is 0. The average Bonchev–Trinajstić information content (AvgIpc) is 2.31. The summed E-state index contributed by atoms with van der Waals surface area (Å²) in [5.74, 6) is 0. The van der Waals surface area contributed by atoms with E-state index in [9.17, 15) is 0 Å². The Hall–Kier alpha value is 1.83. The Morgan fingerprint density at radius 1 is 0.882 bits per heavy atom. The van der Waals surface area contributed by atoms with Crippen molar-refractivity contribution in [2.75, 3.05) is 0 Å². The van der Waals surface area contributed by atoms with Crippen molar-refractivity contribution in [2.24, 2.45) is 0 Å². The minimum Gasteiger partial charge on any atom is -0.103 e. The first-order valence-electron chi connectivity index (χ1n) is 3.77. The average molecular weight is 416 g/mol. The van der Waals surface area contributed by atoms with Crippen molar-refractivity contribution in [3.63, 3.8) is 0 Å². The standard InChI is InChI=1S/C8HCl9/c9-1-2(10)7(15)5(13)3(11)4(12)6(14)8(7,16)17/h1H/b2-1-. The number of rotatable bonds is 1. The highest BCUT2D eigenvalue weighted by Gasteiger charge is 2.59. The molecule has 0 aliphatic heterocycles. The molecule has 0 aromatic heterocycles. The molecule has 0 saturated heterocycles. The van der Waals surface area contributed by atoms with Gasteiger partial charge in [-0.05, 0) is 0 Å². The van der Waals surface area contributed by atoms with E-state index in [-0.39, 0.29) is 25.2 Å². The fourth-order valence-electron chi connectivity index (χ4n) is 1.10. The van der Waals surface area contributed by atoms with E-state index < -0.39 is 9.21 Å². The molecule has 0 heterocycles. The van der Waals surface area contributed by atoms with Gasteiger partial charge in [0.25, 0.3) is 0 Å². The molecule has 0 aromatic rings. The molecule has 0 N–H and O–H groups in total. The highest BCUT2D eigenvalue weighted by atomic mass is 35.5. The van der Waals surface area contributed by atoms with E-state index in [0.29, 0.717) is 0 Å². The molecule has 1 aliphatic rings. The zero-order valence-electron chi connectivity index (χ0n) is 7.48. The van der Waals surface area contributed by atoms with Gasteiger partial charge in [0.15, 0.2) is 9.21 Å². The molecule has 17 heavy (non-hydrogen) atoms. The third-order valence-corrected chi connectivity index (χ3v) is 6.93. The smallest absolute Gasteiger partial charge is 0.103 e. The molecule has 1 unspecified atom stereocenters. The largest absolute Gasteiger partial charge is 0.184 e. The van der Waals surface area contributed by atoms with E-state index in [1.54, 1.807) is 0 Å². The highest BCUT2D eigenvalue weighted by molar-refractivity contribution is 6.67. The summed E-state index contributed by atoms with van der Waals surface area (Å²) >= 11 is 53.3. The van der Waals surface area contributed by atoms with Gasteiger partial charge in [-0.3, -0.25) is 0 Å². The quantitative estimate of drug-likeness (QED) is 0.410. The van der Waals surface area contributed by atoms with Crippen molar-refractivity contribution in [3.8, 4) is 0 Å². The van der Waals surface area contributed by atoms with E-state index >= 15 is 0 Å². The second kappa shape index (κ2) is 5.68. The summed E-state index contributed by atoms with van der Waals surface area (Å²) in [6.07, 6.45) is 0. The Kier molecular flexibility index (Phi) is 5.64. The topological polar surface area (TPSA) is 0 Å². The normalized spacial score (nSPS) is 30.1. The lowest BCUT2D eigenvalue weighted by Crippen LogP contribution is -2.45. The van der Waals surface area contributed by atoms with Crippen molar-refractivity contribution in [2.45, 2.75) is 9.21 Å². The second-order valence-electron chi connectivity index (χ2n) is 2.95. The van der Waals surface area contributed by atoms with Crippen molar-refractivity contribution < 1.29 is 0 Å². The lowest BCUT2D eigenvalue weighted by molar-refractivity contribution is 0.769. The Bertz CT molecular complexity index is 444. The minimum absolute atomic E-state index is 0.0954. The van der Waals surface area contributed by atoms with Crippen LogP contribution < -0.4 is 0 Å². The lowest BCUT2D eigenvalue weighted by Gasteiger charge is -2.40. The van der Waals surface area contributed by atoms with Gasteiger partial charge in [-0.25, -0.2) is 0 Å². The van der Waals surface area contributed by atoms with E-state index in [0.717, 1.165) is 5.54 Å². The van der Waals surface area contributed by atoms with Crippen LogP contribution in [0.1, 0.15) is 0 Å². The third-order valence-electron chi connectivity index (χ3n) is 2.01. The summed E-state index contributed by atoms with van der Waals surface area (Å²) in [5, 5.41) is -0.692. The van der Waals surface area contributed by atoms with Crippen LogP contribution in [0.3, 0.4) is 0 Å². The van der Waals surface area contributed by atoms with Crippen molar-refractivity contribution in [3.05, 3.63) is 30.7 Å². The van der Waals surface area contributed by atoms with Crippen molar-refractivity contribution in [1.82, 2.24) is 0 Å².